The van der Waals surface area contributed by atoms with Crippen molar-refractivity contribution >= 4 is 0 Å². The van der Waals surface area contributed by atoms with E-state index in [2.05, 4.69) is 5.32 Å². The fourth-order valence-electron chi connectivity index (χ4n) is 1.82. The summed E-state index contributed by atoms with van der Waals surface area (Å²) in [6.07, 6.45) is 5.21. The average molecular weight is 236 g/mol. The van der Waals surface area contributed by atoms with Gasteiger partial charge in [-0.3, -0.25) is 4.79 Å². The number of pyridine rings is 1. The summed E-state index contributed by atoms with van der Waals surface area (Å²) in [5.41, 5.74) is 0.980. The van der Waals surface area contributed by atoms with E-state index >= 15 is 0 Å². The number of aryl methyl sites for hydroxylation is 1. The highest BCUT2D eigenvalue weighted by Crippen LogP contribution is 2.18. The Bertz CT molecular complexity index is 410. The molecule has 1 N–H and O–H groups in total. The molecule has 0 aromatic carbocycles. The topological polar surface area (TPSA) is 43.3 Å². The van der Waals surface area contributed by atoms with Crippen LogP contribution in [0, 0.1) is 0 Å². The lowest BCUT2D eigenvalue weighted by Crippen LogP contribution is -2.27. The molecule has 1 aromatic rings. The minimum Gasteiger partial charge on any atom is -0.385 e. The maximum absolute atomic E-state index is 12.1. The first-order valence-corrected chi connectivity index (χ1v) is 6.22. The Morgan fingerprint density at radius 1 is 1.53 bits per heavy atom. The zero-order valence-corrected chi connectivity index (χ0v) is 10.3. The van der Waals surface area contributed by atoms with E-state index in [1.54, 1.807) is 11.7 Å². The molecule has 0 radical (unpaired) electrons. The molecule has 4 nitrogen and oxygen atoms in total. The van der Waals surface area contributed by atoms with Gasteiger partial charge in [0.1, 0.15) is 0 Å². The summed E-state index contributed by atoms with van der Waals surface area (Å²) in [7, 11) is 1.68. The zero-order valence-electron chi connectivity index (χ0n) is 10.3. The van der Waals surface area contributed by atoms with Crippen LogP contribution in [0.5, 0.6) is 0 Å². The molecule has 0 unspecified atom stereocenters. The summed E-state index contributed by atoms with van der Waals surface area (Å²) >= 11 is 0. The first kappa shape index (κ1) is 12.3. The molecular weight excluding hydrogens is 216 g/mol. The van der Waals surface area contributed by atoms with E-state index in [-0.39, 0.29) is 5.56 Å². The summed E-state index contributed by atoms with van der Waals surface area (Å²) in [5, 5.41) is 3.37. The molecule has 4 heteroatoms. The SMILES string of the molecule is COCCCn1cccc(CNC2CC2)c1=O. The third-order valence-electron chi connectivity index (χ3n) is 3.00. The van der Waals surface area contributed by atoms with Crippen molar-refractivity contribution in [3.63, 3.8) is 0 Å². The van der Waals surface area contributed by atoms with Crippen molar-refractivity contribution in [2.45, 2.75) is 38.4 Å². The Hall–Kier alpha value is -1.13. The van der Waals surface area contributed by atoms with Gasteiger partial charge in [0.05, 0.1) is 0 Å². The monoisotopic (exact) mass is 236 g/mol. The number of methoxy groups -OCH3 is 1. The van der Waals surface area contributed by atoms with Crippen LogP contribution in [0.15, 0.2) is 23.1 Å². The van der Waals surface area contributed by atoms with Crippen LogP contribution in [0.3, 0.4) is 0 Å². The molecular formula is C13H20N2O2. The molecule has 1 saturated carbocycles. The summed E-state index contributed by atoms with van der Waals surface area (Å²) in [6, 6.07) is 4.49. The predicted octanol–water partition coefficient (Wildman–Crippen LogP) is 1.14. The van der Waals surface area contributed by atoms with Gasteiger partial charge in [0.25, 0.3) is 5.56 Å². The molecule has 94 valence electrons. The first-order valence-electron chi connectivity index (χ1n) is 6.22. The van der Waals surface area contributed by atoms with Crippen molar-refractivity contribution < 1.29 is 4.74 Å². The number of nitrogens with zero attached hydrogens (tertiary/aromatic N) is 1. The van der Waals surface area contributed by atoms with Crippen LogP contribution in [0.2, 0.25) is 0 Å². The Balaban J connectivity index is 1.95. The predicted molar refractivity (Wildman–Crippen MR) is 67.1 cm³/mol. The molecule has 1 fully saturated rings. The summed E-state index contributed by atoms with van der Waals surface area (Å²) in [5.74, 6) is 0. The molecule has 1 heterocycles. The van der Waals surface area contributed by atoms with Crippen LogP contribution < -0.4 is 10.9 Å². The van der Waals surface area contributed by atoms with Crippen molar-refractivity contribution in [3.05, 3.63) is 34.2 Å². The summed E-state index contributed by atoms with van der Waals surface area (Å²) < 4.78 is 6.76. The summed E-state index contributed by atoms with van der Waals surface area (Å²) in [4.78, 5) is 12.1. The third kappa shape index (κ3) is 3.68. The Morgan fingerprint density at radius 2 is 2.35 bits per heavy atom. The number of hydrogen-bond acceptors (Lipinski definition) is 3. The molecule has 0 spiro atoms. The fourth-order valence-corrected chi connectivity index (χ4v) is 1.82. The number of rotatable bonds is 7. The molecule has 0 bridgehead atoms. The maximum Gasteiger partial charge on any atom is 0.255 e. The van der Waals surface area contributed by atoms with Gasteiger partial charge in [-0.2, -0.15) is 0 Å². The number of nitrogens with one attached hydrogen (secondary N) is 1. The molecule has 0 aliphatic heterocycles. The largest absolute Gasteiger partial charge is 0.385 e. The van der Waals surface area contributed by atoms with E-state index in [0.29, 0.717) is 19.2 Å². The summed E-state index contributed by atoms with van der Waals surface area (Å²) in [6.45, 7) is 2.11. The van der Waals surface area contributed by atoms with E-state index in [0.717, 1.165) is 18.5 Å². The van der Waals surface area contributed by atoms with Gasteiger partial charge in [-0.15, -0.1) is 0 Å². The molecule has 0 atom stereocenters. The number of hydrogen-bond donors (Lipinski definition) is 1. The van der Waals surface area contributed by atoms with Crippen LogP contribution >= 0.6 is 0 Å². The fraction of sp³-hybridized carbons (Fsp3) is 0.615. The van der Waals surface area contributed by atoms with Gasteiger partial charge in [0.15, 0.2) is 0 Å². The Labute approximate surface area is 102 Å². The third-order valence-corrected chi connectivity index (χ3v) is 3.00. The number of ether oxygens (including phenoxy) is 1. The van der Waals surface area contributed by atoms with Crippen LogP contribution in [0.1, 0.15) is 24.8 Å². The van der Waals surface area contributed by atoms with Crippen LogP contribution in [-0.4, -0.2) is 24.3 Å². The molecule has 1 aromatic heterocycles. The highest BCUT2D eigenvalue weighted by atomic mass is 16.5. The minimum atomic E-state index is 0.122. The number of aromatic nitrogens is 1. The minimum absolute atomic E-state index is 0.122. The quantitative estimate of drug-likeness (QED) is 0.722. The highest BCUT2D eigenvalue weighted by molar-refractivity contribution is 5.10. The van der Waals surface area contributed by atoms with Crippen LogP contribution in [0.25, 0.3) is 0 Å². The first-order chi connectivity index (χ1) is 8.31. The smallest absolute Gasteiger partial charge is 0.255 e. The molecule has 1 aliphatic carbocycles. The van der Waals surface area contributed by atoms with E-state index in [1.165, 1.54) is 12.8 Å². The van der Waals surface area contributed by atoms with Gasteiger partial charge in [-0.25, -0.2) is 0 Å². The lowest BCUT2D eigenvalue weighted by molar-refractivity contribution is 0.190. The standard InChI is InChI=1S/C13H20N2O2/c1-17-9-3-8-15-7-2-4-11(13(15)16)10-14-12-5-6-12/h2,4,7,12,14H,3,5-6,8-10H2,1H3. The maximum atomic E-state index is 12.1. The Morgan fingerprint density at radius 3 is 3.06 bits per heavy atom. The molecule has 17 heavy (non-hydrogen) atoms. The van der Waals surface area contributed by atoms with Crippen molar-refractivity contribution in [3.8, 4) is 0 Å². The normalized spacial score (nSPS) is 15.1. The second kappa shape index (κ2) is 5.98. The van der Waals surface area contributed by atoms with Crippen LogP contribution in [-0.2, 0) is 17.8 Å². The van der Waals surface area contributed by atoms with Crippen LogP contribution in [0.4, 0.5) is 0 Å². The van der Waals surface area contributed by atoms with Crippen molar-refractivity contribution in [2.24, 2.45) is 0 Å². The average Bonchev–Trinajstić information content (AvgIpc) is 3.14. The lowest BCUT2D eigenvalue weighted by Gasteiger charge is -2.08. The van der Waals surface area contributed by atoms with E-state index < -0.39 is 0 Å². The van der Waals surface area contributed by atoms with E-state index in [9.17, 15) is 4.79 Å². The van der Waals surface area contributed by atoms with Crippen molar-refractivity contribution in [2.75, 3.05) is 13.7 Å². The Kier molecular flexibility index (Phi) is 4.34. The van der Waals surface area contributed by atoms with Gasteiger partial charge >= 0.3 is 0 Å². The lowest BCUT2D eigenvalue weighted by atomic mass is 10.2. The second-order valence-corrected chi connectivity index (χ2v) is 4.53. The van der Waals surface area contributed by atoms with Gasteiger partial charge < -0.3 is 14.6 Å². The van der Waals surface area contributed by atoms with Crippen molar-refractivity contribution in [1.82, 2.24) is 9.88 Å². The second-order valence-electron chi connectivity index (χ2n) is 4.53. The molecule has 0 amide bonds. The van der Waals surface area contributed by atoms with Gasteiger partial charge in [0.2, 0.25) is 0 Å². The highest BCUT2D eigenvalue weighted by Gasteiger charge is 2.20. The van der Waals surface area contributed by atoms with Gasteiger partial charge in [0, 0.05) is 44.6 Å². The van der Waals surface area contributed by atoms with Gasteiger partial charge in [-0.05, 0) is 25.3 Å². The van der Waals surface area contributed by atoms with Gasteiger partial charge in [-0.1, -0.05) is 6.07 Å². The molecule has 2 rings (SSSR count). The molecule has 1 aliphatic rings. The van der Waals surface area contributed by atoms with Crippen molar-refractivity contribution in [1.29, 1.82) is 0 Å². The van der Waals surface area contributed by atoms with E-state index in [4.69, 9.17) is 4.74 Å². The van der Waals surface area contributed by atoms with E-state index in [1.807, 2.05) is 18.3 Å². The zero-order chi connectivity index (χ0) is 12.1. The molecule has 0 saturated heterocycles.